The van der Waals surface area contributed by atoms with E-state index in [9.17, 15) is 24.3 Å². The molecular formula is C44H68ClN3O11. The Morgan fingerprint density at radius 2 is 1.69 bits per heavy atom. The molecule has 4 fully saturated rings. The topological polar surface area (TPSA) is 162 Å². The Bertz CT molecular complexity index is 1700. The molecule has 4 aliphatic heterocycles. The van der Waals surface area contributed by atoms with E-state index in [-0.39, 0.29) is 36.2 Å². The van der Waals surface area contributed by atoms with Crippen molar-refractivity contribution >= 4 is 35.5 Å². The number of halogens is 1. The number of likely N-dealkylation sites (N-methyl/N-ethyl adjacent to an activating group) is 1. The molecule has 0 saturated carbocycles. The van der Waals surface area contributed by atoms with Crippen LogP contribution in [0.25, 0.3) is 0 Å². The molecule has 15 atom stereocenters. The van der Waals surface area contributed by atoms with Crippen LogP contribution in [0, 0.1) is 29.1 Å². The van der Waals surface area contributed by atoms with Gasteiger partial charge in [-0.05, 0) is 84.5 Å². The van der Waals surface area contributed by atoms with E-state index in [0.29, 0.717) is 24.4 Å². The lowest BCUT2D eigenvalue weighted by Gasteiger charge is -2.48. The highest BCUT2D eigenvalue weighted by molar-refractivity contribution is 6.31. The van der Waals surface area contributed by atoms with Crippen molar-refractivity contribution in [3.8, 4) is 0 Å². The number of aliphatic hydroxyl groups excluding tert-OH is 1. The van der Waals surface area contributed by atoms with Crippen LogP contribution in [0.1, 0.15) is 107 Å². The van der Waals surface area contributed by atoms with Gasteiger partial charge in [0.2, 0.25) is 0 Å². The molecule has 0 bridgehead atoms. The molecule has 2 amide bonds. The number of hydrogen-bond donors (Lipinski definition) is 2. The number of likely N-dealkylation sites (tertiary alicyclic amines) is 1. The van der Waals surface area contributed by atoms with E-state index < -0.39 is 95.8 Å². The number of hydrogen-bond acceptors (Lipinski definition) is 12. The van der Waals surface area contributed by atoms with E-state index in [4.69, 9.17) is 40.0 Å². The van der Waals surface area contributed by atoms with Crippen LogP contribution in [0.4, 0.5) is 9.59 Å². The summed E-state index contributed by atoms with van der Waals surface area (Å²) >= 11 is 6.71. The summed E-state index contributed by atoms with van der Waals surface area (Å²) in [4.78, 5) is 60.3. The predicted molar refractivity (Wildman–Crippen MR) is 221 cm³/mol. The quantitative estimate of drug-likeness (QED) is 0.226. The van der Waals surface area contributed by atoms with Gasteiger partial charge in [0.1, 0.15) is 24.1 Å². The maximum absolute atomic E-state index is 14.8. The Morgan fingerprint density at radius 1 is 1.03 bits per heavy atom. The monoisotopic (exact) mass is 849 g/mol. The Balaban J connectivity index is 1.64. The number of methoxy groups -OCH3 is 1. The minimum Gasteiger partial charge on any atom is -0.458 e. The molecule has 0 aromatic heterocycles. The second-order valence-corrected chi connectivity index (χ2v) is 19.4. The number of carbonyl (C=O) groups excluding carboxylic acids is 4. The average molecular weight is 850 g/mol. The summed E-state index contributed by atoms with van der Waals surface area (Å²) in [5.41, 5.74) is -2.19. The van der Waals surface area contributed by atoms with Crippen LogP contribution >= 0.6 is 11.6 Å². The molecule has 0 radical (unpaired) electrons. The Labute approximate surface area is 355 Å². The van der Waals surface area contributed by atoms with Gasteiger partial charge >= 0.3 is 18.2 Å². The fourth-order valence-electron chi connectivity index (χ4n) is 10.2. The fourth-order valence-corrected chi connectivity index (χ4v) is 10.5. The maximum atomic E-state index is 14.8. The highest BCUT2D eigenvalue weighted by Gasteiger charge is 2.58. The van der Waals surface area contributed by atoms with E-state index in [0.717, 1.165) is 5.56 Å². The predicted octanol–water partition coefficient (Wildman–Crippen LogP) is 6.54. The zero-order chi connectivity index (χ0) is 43.9. The van der Waals surface area contributed by atoms with Gasteiger partial charge in [-0.3, -0.25) is 9.59 Å². The van der Waals surface area contributed by atoms with Gasteiger partial charge in [0.25, 0.3) is 0 Å². The van der Waals surface area contributed by atoms with Crippen LogP contribution in [-0.4, -0.2) is 127 Å². The minimum atomic E-state index is -1.40. The Kier molecular flexibility index (Phi) is 14.5. The van der Waals surface area contributed by atoms with Crippen molar-refractivity contribution in [2.75, 3.05) is 27.7 Å². The summed E-state index contributed by atoms with van der Waals surface area (Å²) < 4.78 is 38.2. The summed E-state index contributed by atoms with van der Waals surface area (Å²) in [5.74, 6) is -4.19. The van der Waals surface area contributed by atoms with Crippen LogP contribution in [0.5, 0.6) is 0 Å². The molecule has 14 nitrogen and oxygen atoms in total. The maximum Gasteiger partial charge on any atom is 0.410 e. The number of aliphatic hydroxyl groups is 1. The summed E-state index contributed by atoms with van der Waals surface area (Å²) in [6.07, 6.45) is -5.52. The van der Waals surface area contributed by atoms with Crippen LogP contribution < -0.4 is 5.32 Å². The average Bonchev–Trinajstić information content (AvgIpc) is 3.68. The number of rotatable bonds is 7. The first-order valence-corrected chi connectivity index (χ1v) is 21.5. The number of Topliss-reactive ketones (excluding diaryl/α,β-unsaturated/α-hetero) is 1. The lowest BCUT2D eigenvalue weighted by Crippen LogP contribution is -2.61. The summed E-state index contributed by atoms with van der Waals surface area (Å²) in [6, 6.07) is 5.86. The van der Waals surface area contributed by atoms with E-state index in [1.807, 2.05) is 64.9 Å². The molecule has 332 valence electrons. The van der Waals surface area contributed by atoms with Gasteiger partial charge < -0.3 is 48.6 Å². The molecule has 0 unspecified atom stereocenters. The molecule has 59 heavy (non-hydrogen) atoms. The molecule has 1 aromatic rings. The minimum absolute atomic E-state index is 0.126. The SMILES string of the molecule is CC[C@H]1OC(=O)[C@H](C)[C@@H](OC(=O)N2CC(C)(C)C[C@@H]2c2ccccc2Cl)[C@H](C)[C@@H](O[C@@H]2O[C@H](C)C[C@H](N(C)C)[C@H]2O)[C@](C)(OC)C[C@@H](C)C(=O)[C@H](C)[C@H]2NC(=O)O[C@@]21C. The van der Waals surface area contributed by atoms with Crippen molar-refractivity contribution in [3.05, 3.63) is 34.9 Å². The van der Waals surface area contributed by atoms with Crippen molar-refractivity contribution in [1.82, 2.24) is 15.1 Å². The first kappa shape index (κ1) is 47.0. The van der Waals surface area contributed by atoms with Gasteiger partial charge in [-0.2, -0.15) is 0 Å². The Hall–Kier alpha value is -3.01. The number of cyclic esters (lactones) is 1. The lowest BCUT2D eigenvalue weighted by atomic mass is 9.73. The molecule has 5 rings (SSSR count). The third kappa shape index (κ3) is 9.57. The highest BCUT2D eigenvalue weighted by Crippen LogP contribution is 2.46. The number of fused-ring (bicyclic) bond motifs is 1. The van der Waals surface area contributed by atoms with E-state index in [2.05, 4.69) is 19.2 Å². The summed E-state index contributed by atoms with van der Waals surface area (Å²) in [7, 11) is 5.28. The molecule has 4 heterocycles. The second-order valence-electron chi connectivity index (χ2n) is 19.0. The summed E-state index contributed by atoms with van der Waals surface area (Å²) in [5, 5.41) is 15.1. The standard InChI is InChI=1S/C44H68ClN3O11/c1-14-32-44(10)36(46-40(52)59-44)25(4)33(49)23(2)20-43(9,54-13)37(58-39-34(50)30(47(11)12)19-24(3)55-39)26(5)35(27(6)38(51)56-32)57-41(53)48-22-42(7,8)21-31(48)28-17-15-16-18-29(28)45/h15-18,23-27,30-32,34-37,39,50H,14,19-22H2,1-13H3,(H,46,52)/t23-,24-,25+,26+,27-,30+,31-,32-,34-,35+,36-,37-,39+,43-,44-/m1/s1. The molecule has 15 heteroatoms. The molecular weight excluding hydrogens is 782 g/mol. The zero-order valence-electron chi connectivity index (χ0n) is 37.2. The zero-order valence-corrected chi connectivity index (χ0v) is 37.9. The number of alkyl carbamates (subject to hydrolysis) is 1. The largest absolute Gasteiger partial charge is 0.458 e. The van der Waals surface area contributed by atoms with Crippen LogP contribution in [0.2, 0.25) is 5.02 Å². The number of benzene rings is 1. The Morgan fingerprint density at radius 3 is 2.31 bits per heavy atom. The van der Waals surface area contributed by atoms with Crippen LogP contribution in [0.15, 0.2) is 24.3 Å². The van der Waals surface area contributed by atoms with Crippen LogP contribution in [0.3, 0.4) is 0 Å². The van der Waals surface area contributed by atoms with Gasteiger partial charge in [0.05, 0.1) is 35.8 Å². The normalized spacial score (nSPS) is 40.8. The molecule has 0 spiro atoms. The molecule has 2 N–H and O–H groups in total. The number of amides is 2. The van der Waals surface area contributed by atoms with E-state index in [1.54, 1.807) is 38.7 Å². The first-order chi connectivity index (χ1) is 27.5. The van der Waals surface area contributed by atoms with Crippen molar-refractivity contribution in [2.24, 2.45) is 29.1 Å². The molecule has 4 saturated heterocycles. The fraction of sp³-hybridized carbons (Fsp3) is 0.773. The summed E-state index contributed by atoms with van der Waals surface area (Å²) in [6.45, 7) is 18.7. The number of esters is 1. The smallest absolute Gasteiger partial charge is 0.410 e. The van der Waals surface area contributed by atoms with Crippen molar-refractivity contribution in [1.29, 1.82) is 0 Å². The van der Waals surface area contributed by atoms with Crippen molar-refractivity contribution < 1.29 is 52.7 Å². The van der Waals surface area contributed by atoms with E-state index >= 15 is 0 Å². The van der Waals surface area contributed by atoms with Gasteiger partial charge in [-0.1, -0.05) is 71.3 Å². The third-order valence-corrected chi connectivity index (χ3v) is 13.9. The van der Waals surface area contributed by atoms with Crippen molar-refractivity contribution in [3.63, 3.8) is 0 Å². The van der Waals surface area contributed by atoms with Gasteiger partial charge in [-0.15, -0.1) is 0 Å². The molecule has 1 aromatic carbocycles. The number of nitrogens with zero attached hydrogens (tertiary/aromatic N) is 2. The third-order valence-electron chi connectivity index (χ3n) is 13.6. The number of ketones is 1. The van der Waals surface area contributed by atoms with Crippen LogP contribution in [-0.2, 0) is 38.0 Å². The lowest BCUT2D eigenvalue weighted by molar-refractivity contribution is -0.301. The molecule has 0 aliphatic carbocycles. The number of ether oxygens (including phenoxy) is 6. The van der Waals surface area contributed by atoms with Crippen molar-refractivity contribution in [2.45, 2.75) is 161 Å². The van der Waals surface area contributed by atoms with Gasteiger partial charge in [-0.25, -0.2) is 9.59 Å². The first-order valence-electron chi connectivity index (χ1n) is 21.1. The van der Waals surface area contributed by atoms with Gasteiger partial charge in [0.15, 0.2) is 11.9 Å². The van der Waals surface area contributed by atoms with Gasteiger partial charge in [0, 0.05) is 42.5 Å². The van der Waals surface area contributed by atoms with E-state index in [1.165, 1.54) is 7.11 Å². The number of carbonyl (C=O) groups is 4. The highest BCUT2D eigenvalue weighted by atomic mass is 35.5. The molecule has 4 aliphatic rings. The second kappa shape index (κ2) is 18.1. The number of nitrogens with one attached hydrogen (secondary N) is 1.